The first-order valence-corrected chi connectivity index (χ1v) is 10.8. The number of unbranched alkanes of at least 4 members (excludes halogenated alkanes) is 14. The Morgan fingerprint density at radius 2 is 1.17 bits per heavy atom. The van der Waals surface area contributed by atoms with Crippen molar-refractivity contribution in [2.75, 3.05) is 0 Å². The second-order valence-corrected chi connectivity index (χ2v) is 7.55. The van der Waals surface area contributed by atoms with Gasteiger partial charge in [-0.05, 0) is 22.4 Å². The second kappa shape index (κ2) is 15.2. The maximum atomic E-state index is 4.18. The molecule has 0 aliphatic carbocycles. The minimum Gasteiger partial charge on any atom is -0.326 e. The molecule has 0 unspecified atom stereocenters. The summed E-state index contributed by atoms with van der Waals surface area (Å²) in [5.41, 5.74) is 0. The van der Waals surface area contributed by atoms with Gasteiger partial charge in [0.25, 0.3) is 0 Å². The molecule has 134 valence electrons. The van der Waals surface area contributed by atoms with E-state index in [2.05, 4.69) is 32.4 Å². The first-order valence-electron chi connectivity index (χ1n) is 10.0. The number of aryl methyl sites for hydroxylation is 1. The van der Waals surface area contributed by atoms with Crippen molar-refractivity contribution in [2.24, 2.45) is 0 Å². The Bertz CT molecular complexity index is 362. The number of hydrogen-bond donors (Lipinski definition) is 0. The summed E-state index contributed by atoms with van der Waals surface area (Å²) < 4.78 is 3.14. The van der Waals surface area contributed by atoms with Crippen LogP contribution in [0.2, 0.25) is 0 Å². The molecule has 0 saturated heterocycles. The lowest BCUT2D eigenvalue weighted by atomic mass is 10.0. The molecule has 0 N–H and O–H groups in total. The fraction of sp³-hybridized carbons (Fsp3) is 0.850. The minimum absolute atomic E-state index is 0.961. The van der Waals surface area contributed by atoms with Gasteiger partial charge in [-0.3, -0.25) is 0 Å². The smallest absolute Gasteiger partial charge is 0.177 e. The quantitative estimate of drug-likeness (QED) is 0.269. The lowest BCUT2D eigenvalue weighted by Crippen LogP contribution is -1.96. The summed E-state index contributed by atoms with van der Waals surface area (Å²) in [6, 6.07) is 0. The predicted molar refractivity (Wildman–Crippen MR) is 105 cm³/mol. The molecule has 0 aromatic carbocycles. The molecule has 0 amide bonds. The molecule has 1 rings (SSSR count). The van der Waals surface area contributed by atoms with Crippen LogP contribution in [0.1, 0.15) is 103 Å². The van der Waals surface area contributed by atoms with Gasteiger partial charge >= 0.3 is 0 Å². The SMILES string of the molecule is CCCCCCCCCCCCCCCCCn1ccnc1Br. The van der Waals surface area contributed by atoms with Crippen LogP contribution >= 0.6 is 15.9 Å². The van der Waals surface area contributed by atoms with Crippen molar-refractivity contribution in [1.82, 2.24) is 9.55 Å². The minimum atomic E-state index is 0.961. The number of halogens is 1. The first kappa shape index (κ1) is 20.7. The molecule has 0 fully saturated rings. The van der Waals surface area contributed by atoms with E-state index in [4.69, 9.17) is 0 Å². The number of aromatic nitrogens is 2. The highest BCUT2D eigenvalue weighted by molar-refractivity contribution is 9.10. The molecule has 1 aromatic heterocycles. The van der Waals surface area contributed by atoms with E-state index < -0.39 is 0 Å². The molecule has 0 radical (unpaired) electrons. The molecule has 0 aliphatic rings. The molecular weight excluding hydrogens is 348 g/mol. The summed E-state index contributed by atoms with van der Waals surface area (Å²) in [6.07, 6.45) is 25.2. The summed E-state index contributed by atoms with van der Waals surface area (Å²) in [5, 5.41) is 0. The van der Waals surface area contributed by atoms with Crippen LogP contribution in [-0.2, 0) is 6.54 Å². The Hall–Kier alpha value is -0.310. The summed E-state index contributed by atoms with van der Waals surface area (Å²) in [6.45, 7) is 3.39. The number of hydrogen-bond acceptors (Lipinski definition) is 1. The Labute approximate surface area is 152 Å². The van der Waals surface area contributed by atoms with Gasteiger partial charge in [-0.2, -0.15) is 0 Å². The van der Waals surface area contributed by atoms with Crippen molar-refractivity contribution in [3.05, 3.63) is 17.1 Å². The molecule has 23 heavy (non-hydrogen) atoms. The van der Waals surface area contributed by atoms with Crippen molar-refractivity contribution in [2.45, 2.75) is 110 Å². The van der Waals surface area contributed by atoms with Gasteiger partial charge in [0.2, 0.25) is 0 Å². The van der Waals surface area contributed by atoms with E-state index in [0.717, 1.165) is 11.3 Å². The molecule has 0 spiro atoms. The molecule has 3 heteroatoms. The summed E-state index contributed by atoms with van der Waals surface area (Å²) in [4.78, 5) is 4.18. The van der Waals surface area contributed by atoms with E-state index in [0.29, 0.717) is 0 Å². The van der Waals surface area contributed by atoms with Gasteiger partial charge in [0, 0.05) is 18.9 Å². The molecular formula is C20H37BrN2. The average molecular weight is 385 g/mol. The third-order valence-corrected chi connectivity index (χ3v) is 5.33. The molecule has 1 heterocycles. The lowest BCUT2D eigenvalue weighted by Gasteiger charge is -2.05. The van der Waals surface area contributed by atoms with Crippen molar-refractivity contribution >= 4 is 15.9 Å². The molecule has 0 aliphatic heterocycles. The van der Waals surface area contributed by atoms with Gasteiger partial charge in [0.1, 0.15) is 0 Å². The highest BCUT2D eigenvalue weighted by Crippen LogP contribution is 2.14. The van der Waals surface area contributed by atoms with Crippen molar-refractivity contribution < 1.29 is 0 Å². The Kier molecular flexibility index (Phi) is 13.7. The topological polar surface area (TPSA) is 17.8 Å². The van der Waals surface area contributed by atoms with E-state index in [1.807, 2.05) is 12.4 Å². The van der Waals surface area contributed by atoms with Gasteiger partial charge in [-0.1, -0.05) is 96.8 Å². The summed E-state index contributed by atoms with van der Waals surface area (Å²) in [7, 11) is 0. The zero-order valence-corrected chi connectivity index (χ0v) is 16.8. The summed E-state index contributed by atoms with van der Waals surface area (Å²) >= 11 is 3.46. The fourth-order valence-electron chi connectivity index (χ4n) is 3.13. The predicted octanol–water partition coefficient (Wildman–Crippen LogP) is 7.52. The van der Waals surface area contributed by atoms with E-state index in [-0.39, 0.29) is 0 Å². The van der Waals surface area contributed by atoms with Crippen molar-refractivity contribution in [3.63, 3.8) is 0 Å². The third kappa shape index (κ3) is 11.8. The fourth-order valence-corrected chi connectivity index (χ4v) is 3.54. The lowest BCUT2D eigenvalue weighted by molar-refractivity contribution is 0.521. The van der Waals surface area contributed by atoms with Crippen molar-refractivity contribution in [1.29, 1.82) is 0 Å². The maximum Gasteiger partial charge on any atom is 0.177 e. The van der Waals surface area contributed by atoms with Crippen LogP contribution in [0.5, 0.6) is 0 Å². The molecule has 1 aromatic rings. The van der Waals surface area contributed by atoms with Gasteiger partial charge in [-0.25, -0.2) is 4.98 Å². The molecule has 0 atom stereocenters. The van der Waals surface area contributed by atoms with Crippen LogP contribution < -0.4 is 0 Å². The summed E-state index contributed by atoms with van der Waals surface area (Å²) in [5.74, 6) is 0. The molecule has 0 bridgehead atoms. The van der Waals surface area contributed by atoms with E-state index in [9.17, 15) is 0 Å². The Morgan fingerprint density at radius 1 is 0.739 bits per heavy atom. The zero-order valence-electron chi connectivity index (χ0n) is 15.2. The standard InChI is InChI=1S/C20H37BrN2/c1-2-3-4-5-6-7-8-9-10-11-12-13-14-15-16-18-23-19-17-22-20(23)21/h17,19H,2-16,18H2,1H3. The first-order chi connectivity index (χ1) is 11.3. The molecule has 2 nitrogen and oxygen atoms in total. The van der Waals surface area contributed by atoms with E-state index in [1.54, 1.807) is 0 Å². The Morgan fingerprint density at radius 3 is 1.57 bits per heavy atom. The van der Waals surface area contributed by atoms with Crippen LogP contribution in [-0.4, -0.2) is 9.55 Å². The normalized spacial score (nSPS) is 11.2. The van der Waals surface area contributed by atoms with Crippen LogP contribution in [0.15, 0.2) is 17.1 Å². The Balaban J connectivity index is 1.72. The number of rotatable bonds is 16. The molecule has 0 saturated carbocycles. The highest BCUT2D eigenvalue weighted by Gasteiger charge is 1.98. The van der Waals surface area contributed by atoms with Crippen molar-refractivity contribution in [3.8, 4) is 0 Å². The zero-order chi connectivity index (χ0) is 16.6. The average Bonchev–Trinajstić information content (AvgIpc) is 2.96. The monoisotopic (exact) mass is 384 g/mol. The highest BCUT2D eigenvalue weighted by atomic mass is 79.9. The van der Waals surface area contributed by atoms with Crippen LogP contribution in [0.4, 0.5) is 0 Å². The van der Waals surface area contributed by atoms with Gasteiger partial charge < -0.3 is 4.57 Å². The van der Waals surface area contributed by atoms with Crippen LogP contribution in [0, 0.1) is 0 Å². The van der Waals surface area contributed by atoms with E-state index in [1.165, 1.54) is 96.3 Å². The van der Waals surface area contributed by atoms with Gasteiger partial charge in [0.05, 0.1) is 0 Å². The largest absolute Gasteiger partial charge is 0.326 e. The number of nitrogens with zero attached hydrogens (tertiary/aromatic N) is 2. The van der Waals surface area contributed by atoms with Gasteiger partial charge in [-0.15, -0.1) is 0 Å². The second-order valence-electron chi connectivity index (χ2n) is 6.84. The third-order valence-electron chi connectivity index (χ3n) is 4.67. The van der Waals surface area contributed by atoms with Crippen LogP contribution in [0.3, 0.4) is 0 Å². The van der Waals surface area contributed by atoms with Gasteiger partial charge in [0.15, 0.2) is 4.73 Å². The maximum absolute atomic E-state index is 4.18. The van der Waals surface area contributed by atoms with E-state index >= 15 is 0 Å². The number of imidazole rings is 1. The van der Waals surface area contributed by atoms with Crippen LogP contribution in [0.25, 0.3) is 0 Å².